The lowest BCUT2D eigenvalue weighted by Gasteiger charge is -2.16. The van der Waals surface area contributed by atoms with E-state index < -0.39 is 0 Å². The molecular weight excluding hydrogens is 326 g/mol. The summed E-state index contributed by atoms with van der Waals surface area (Å²) in [6.45, 7) is 2.70. The van der Waals surface area contributed by atoms with Crippen molar-refractivity contribution in [3.63, 3.8) is 0 Å². The minimum atomic E-state index is -0.0732. The molecule has 134 valence electrons. The number of hydrogen-bond acceptors (Lipinski definition) is 3. The summed E-state index contributed by atoms with van der Waals surface area (Å²) in [6, 6.07) is 17.9. The molecule has 4 heteroatoms. The lowest BCUT2D eigenvalue weighted by Crippen LogP contribution is -2.30. The maximum absolute atomic E-state index is 12.3. The Bertz CT molecular complexity index is 930. The Morgan fingerprint density at radius 2 is 1.92 bits per heavy atom. The van der Waals surface area contributed by atoms with Gasteiger partial charge in [0.1, 0.15) is 17.3 Å². The second kappa shape index (κ2) is 6.87. The smallest absolute Gasteiger partial charge is 0.260 e. The Kier molecular flexibility index (Phi) is 4.41. The number of fused-ring (bicyclic) bond motifs is 1. The van der Waals surface area contributed by atoms with Gasteiger partial charge in [0.15, 0.2) is 6.61 Å². The molecular formula is C22H23NO3. The van der Waals surface area contributed by atoms with Gasteiger partial charge in [-0.1, -0.05) is 37.3 Å². The van der Waals surface area contributed by atoms with Crippen LogP contribution in [0.2, 0.25) is 0 Å². The van der Waals surface area contributed by atoms with Crippen LogP contribution < -0.4 is 4.74 Å². The van der Waals surface area contributed by atoms with Gasteiger partial charge in [0.05, 0.1) is 6.54 Å². The van der Waals surface area contributed by atoms with E-state index >= 15 is 0 Å². The number of hydrogen-bond donors (Lipinski definition) is 0. The van der Waals surface area contributed by atoms with E-state index in [1.807, 2.05) is 48.5 Å². The summed E-state index contributed by atoms with van der Waals surface area (Å²) in [6.07, 6.45) is 1.20. The number of carbonyl (C=O) groups is 1. The Hall–Kier alpha value is -2.75. The summed E-state index contributed by atoms with van der Waals surface area (Å²) in [7, 11) is 1.77. The molecule has 2 atom stereocenters. The van der Waals surface area contributed by atoms with Crippen LogP contribution in [0.4, 0.5) is 0 Å². The van der Waals surface area contributed by atoms with Gasteiger partial charge < -0.3 is 14.1 Å². The largest absolute Gasteiger partial charge is 0.484 e. The third-order valence-electron chi connectivity index (χ3n) is 5.06. The van der Waals surface area contributed by atoms with Crippen molar-refractivity contribution in [2.75, 3.05) is 13.7 Å². The van der Waals surface area contributed by atoms with Crippen molar-refractivity contribution < 1.29 is 13.9 Å². The highest BCUT2D eigenvalue weighted by molar-refractivity contribution is 5.84. The van der Waals surface area contributed by atoms with Gasteiger partial charge >= 0.3 is 0 Å². The quantitative estimate of drug-likeness (QED) is 0.653. The van der Waals surface area contributed by atoms with E-state index in [4.69, 9.17) is 9.15 Å². The zero-order chi connectivity index (χ0) is 18.1. The molecule has 1 aliphatic rings. The average molecular weight is 349 g/mol. The first-order valence-corrected chi connectivity index (χ1v) is 9.04. The molecule has 1 aromatic heterocycles. The van der Waals surface area contributed by atoms with E-state index in [1.54, 1.807) is 11.9 Å². The van der Waals surface area contributed by atoms with Gasteiger partial charge in [-0.3, -0.25) is 4.79 Å². The lowest BCUT2D eigenvalue weighted by molar-refractivity contribution is -0.132. The van der Waals surface area contributed by atoms with Crippen molar-refractivity contribution in [3.05, 3.63) is 66.1 Å². The Labute approximate surface area is 153 Å². The van der Waals surface area contributed by atoms with Crippen molar-refractivity contribution in [1.29, 1.82) is 0 Å². The van der Waals surface area contributed by atoms with Gasteiger partial charge in [-0.15, -0.1) is 0 Å². The molecule has 2 aromatic carbocycles. The lowest BCUT2D eigenvalue weighted by atomic mass is 10.1. The fourth-order valence-corrected chi connectivity index (χ4v) is 3.23. The van der Waals surface area contributed by atoms with Gasteiger partial charge in [0, 0.05) is 13.0 Å². The number of carbonyl (C=O) groups excluding carboxylic acids is 1. The van der Waals surface area contributed by atoms with Gasteiger partial charge in [-0.2, -0.15) is 0 Å². The third kappa shape index (κ3) is 3.59. The zero-order valence-electron chi connectivity index (χ0n) is 15.1. The van der Waals surface area contributed by atoms with Crippen molar-refractivity contribution >= 4 is 16.7 Å². The van der Waals surface area contributed by atoms with Crippen molar-refractivity contribution in [2.45, 2.75) is 25.8 Å². The van der Waals surface area contributed by atoms with Gasteiger partial charge in [0.2, 0.25) is 0 Å². The molecule has 3 aromatic rings. The number of nitrogens with zero attached hydrogens (tertiary/aromatic N) is 1. The normalized spacial score (nSPS) is 18.7. The van der Waals surface area contributed by atoms with E-state index in [1.165, 1.54) is 6.42 Å². The van der Waals surface area contributed by atoms with E-state index in [-0.39, 0.29) is 12.5 Å². The number of likely N-dealkylation sites (N-methyl/N-ethyl adjacent to an activating group) is 1. The number of benzene rings is 2. The van der Waals surface area contributed by atoms with Crippen LogP contribution in [0, 0.1) is 5.92 Å². The molecule has 1 saturated carbocycles. The predicted octanol–water partition coefficient (Wildman–Crippen LogP) is 4.59. The monoisotopic (exact) mass is 349 g/mol. The van der Waals surface area contributed by atoms with Crippen LogP contribution in [-0.4, -0.2) is 24.5 Å². The van der Waals surface area contributed by atoms with Crippen LogP contribution in [-0.2, 0) is 11.3 Å². The van der Waals surface area contributed by atoms with E-state index in [0.717, 1.165) is 22.3 Å². The summed E-state index contributed by atoms with van der Waals surface area (Å²) in [5, 5.41) is 2.25. The van der Waals surface area contributed by atoms with Gasteiger partial charge in [0.25, 0.3) is 5.91 Å². The molecule has 0 N–H and O–H groups in total. The molecule has 1 aliphatic carbocycles. The van der Waals surface area contributed by atoms with E-state index in [2.05, 4.69) is 13.0 Å². The van der Waals surface area contributed by atoms with Crippen LogP contribution in [0.5, 0.6) is 5.75 Å². The molecule has 0 bridgehead atoms. The highest BCUT2D eigenvalue weighted by Crippen LogP contribution is 2.47. The highest BCUT2D eigenvalue weighted by atomic mass is 16.5. The van der Waals surface area contributed by atoms with E-state index in [0.29, 0.717) is 24.1 Å². The zero-order valence-corrected chi connectivity index (χ0v) is 15.1. The summed E-state index contributed by atoms with van der Waals surface area (Å²) >= 11 is 0. The standard InChI is InChI=1S/C22H23NO3/c1-15-11-20(15)21-10-9-19(26-21)13-23(2)22(24)14-25-18-8-7-16-5-3-4-6-17(16)12-18/h3-10,12,15,20H,11,13-14H2,1-2H3/t15-,20+/m1/s1. The molecule has 0 unspecified atom stereocenters. The molecule has 4 rings (SSSR count). The van der Waals surface area contributed by atoms with Crippen LogP contribution in [0.1, 0.15) is 30.8 Å². The first-order valence-electron chi connectivity index (χ1n) is 9.04. The summed E-state index contributed by atoms with van der Waals surface area (Å²) in [5.74, 6) is 3.76. The number of amides is 1. The van der Waals surface area contributed by atoms with Crippen LogP contribution in [0.15, 0.2) is 59.0 Å². The Morgan fingerprint density at radius 1 is 1.15 bits per heavy atom. The highest BCUT2D eigenvalue weighted by Gasteiger charge is 2.36. The fraction of sp³-hybridized carbons (Fsp3) is 0.318. The molecule has 4 nitrogen and oxygen atoms in total. The average Bonchev–Trinajstić information content (AvgIpc) is 3.20. The first-order chi connectivity index (χ1) is 12.6. The minimum Gasteiger partial charge on any atom is -0.484 e. The minimum absolute atomic E-state index is 0.0159. The van der Waals surface area contributed by atoms with Crippen molar-refractivity contribution in [1.82, 2.24) is 4.90 Å². The molecule has 0 aliphatic heterocycles. The van der Waals surface area contributed by atoms with Crippen molar-refractivity contribution in [2.24, 2.45) is 5.92 Å². The van der Waals surface area contributed by atoms with Crippen LogP contribution in [0.25, 0.3) is 10.8 Å². The van der Waals surface area contributed by atoms with Crippen LogP contribution >= 0.6 is 0 Å². The predicted molar refractivity (Wildman–Crippen MR) is 101 cm³/mol. The second-order valence-corrected chi connectivity index (χ2v) is 7.17. The van der Waals surface area contributed by atoms with Gasteiger partial charge in [-0.05, 0) is 47.4 Å². The molecule has 1 heterocycles. The SMILES string of the molecule is C[C@@H]1C[C@@H]1c1ccc(CN(C)C(=O)COc2ccc3ccccc3c2)o1. The fourth-order valence-electron chi connectivity index (χ4n) is 3.23. The summed E-state index contributed by atoms with van der Waals surface area (Å²) in [4.78, 5) is 14.0. The number of ether oxygens (including phenoxy) is 1. The molecule has 0 saturated heterocycles. The number of furan rings is 1. The topological polar surface area (TPSA) is 42.7 Å². The molecule has 26 heavy (non-hydrogen) atoms. The molecule has 0 radical (unpaired) electrons. The second-order valence-electron chi connectivity index (χ2n) is 7.17. The number of rotatable bonds is 6. The molecule has 0 spiro atoms. The third-order valence-corrected chi connectivity index (χ3v) is 5.06. The van der Waals surface area contributed by atoms with Crippen molar-refractivity contribution in [3.8, 4) is 5.75 Å². The maximum Gasteiger partial charge on any atom is 0.260 e. The Balaban J connectivity index is 1.32. The summed E-state index contributed by atoms with van der Waals surface area (Å²) < 4.78 is 11.6. The van der Waals surface area contributed by atoms with Crippen LogP contribution in [0.3, 0.4) is 0 Å². The Morgan fingerprint density at radius 3 is 2.69 bits per heavy atom. The summed E-state index contributed by atoms with van der Waals surface area (Å²) in [5.41, 5.74) is 0. The van der Waals surface area contributed by atoms with E-state index in [9.17, 15) is 4.79 Å². The molecule has 1 amide bonds. The first kappa shape index (κ1) is 16.7. The molecule has 1 fully saturated rings. The maximum atomic E-state index is 12.3. The van der Waals surface area contributed by atoms with Gasteiger partial charge in [-0.25, -0.2) is 0 Å².